The molecule has 0 radical (unpaired) electrons. The largest absolute Gasteiger partial charge is 0.392 e. The van der Waals surface area contributed by atoms with Crippen molar-refractivity contribution in [2.75, 3.05) is 14.1 Å². The third-order valence-electron chi connectivity index (χ3n) is 6.30. The fourth-order valence-electron chi connectivity index (χ4n) is 4.46. The third kappa shape index (κ3) is 6.22. The fraction of sp³-hybridized carbons (Fsp3) is 0.708. The van der Waals surface area contributed by atoms with Crippen LogP contribution in [0.25, 0.3) is 0 Å². The minimum atomic E-state index is -0.518. The number of unbranched alkanes of at least 4 members (excludes halogenated alkanes) is 1. The summed E-state index contributed by atoms with van der Waals surface area (Å²) in [6, 6.07) is 0. The molecule has 1 fully saturated rings. The number of rotatable bonds is 9. The Labute approximate surface area is 170 Å². The van der Waals surface area contributed by atoms with Crippen molar-refractivity contribution < 1.29 is 15.0 Å². The van der Waals surface area contributed by atoms with Gasteiger partial charge in [-0.05, 0) is 56.8 Å². The SMILES string of the molecule is CC#CC[C@H](C)[C@H](O)C=C[C@@H]1[C@H]2CC(CCCCC(=O)N(C)C)=C[C@H]2C[C@H]1O. The van der Waals surface area contributed by atoms with Gasteiger partial charge < -0.3 is 15.1 Å². The molecule has 2 rings (SSSR count). The van der Waals surface area contributed by atoms with Crippen LogP contribution in [0.2, 0.25) is 0 Å². The number of aliphatic hydroxyl groups excluding tert-OH is 2. The lowest BCUT2D eigenvalue weighted by Gasteiger charge is -2.20. The summed E-state index contributed by atoms with van der Waals surface area (Å²) < 4.78 is 0. The van der Waals surface area contributed by atoms with Gasteiger partial charge in [-0.2, -0.15) is 0 Å². The Morgan fingerprint density at radius 1 is 1.39 bits per heavy atom. The van der Waals surface area contributed by atoms with Gasteiger partial charge >= 0.3 is 0 Å². The van der Waals surface area contributed by atoms with Gasteiger partial charge in [0.05, 0.1) is 12.2 Å². The summed E-state index contributed by atoms with van der Waals surface area (Å²) in [6.07, 6.45) is 11.6. The van der Waals surface area contributed by atoms with Crippen molar-refractivity contribution in [1.29, 1.82) is 0 Å². The molecule has 0 aromatic carbocycles. The van der Waals surface area contributed by atoms with Crippen LogP contribution in [0.4, 0.5) is 0 Å². The van der Waals surface area contributed by atoms with Crippen molar-refractivity contribution >= 4 is 5.91 Å². The molecule has 2 aliphatic carbocycles. The summed E-state index contributed by atoms with van der Waals surface area (Å²) in [6.45, 7) is 3.82. The first-order valence-corrected chi connectivity index (χ1v) is 10.7. The molecule has 0 spiro atoms. The maximum atomic E-state index is 11.7. The summed E-state index contributed by atoms with van der Waals surface area (Å²) in [4.78, 5) is 13.3. The molecule has 4 nitrogen and oxygen atoms in total. The van der Waals surface area contributed by atoms with Gasteiger partial charge in [0.15, 0.2) is 0 Å². The summed E-state index contributed by atoms with van der Waals surface area (Å²) in [5, 5.41) is 20.8. The van der Waals surface area contributed by atoms with Gasteiger partial charge in [-0.15, -0.1) is 11.8 Å². The minimum Gasteiger partial charge on any atom is -0.392 e. The highest BCUT2D eigenvalue weighted by Gasteiger charge is 2.43. The van der Waals surface area contributed by atoms with E-state index in [0.29, 0.717) is 24.7 Å². The van der Waals surface area contributed by atoms with Crippen LogP contribution in [0, 0.1) is 35.5 Å². The van der Waals surface area contributed by atoms with Gasteiger partial charge in [0, 0.05) is 32.9 Å². The number of allylic oxidation sites excluding steroid dienone is 2. The number of hydrogen-bond acceptors (Lipinski definition) is 3. The summed E-state index contributed by atoms with van der Waals surface area (Å²) in [5.74, 6) is 7.20. The highest BCUT2D eigenvalue weighted by molar-refractivity contribution is 5.75. The van der Waals surface area contributed by atoms with Crippen LogP contribution in [0.3, 0.4) is 0 Å². The summed E-state index contributed by atoms with van der Waals surface area (Å²) in [5.41, 5.74) is 1.48. The van der Waals surface area contributed by atoms with E-state index in [-0.39, 0.29) is 23.8 Å². The number of carbonyl (C=O) groups is 1. The van der Waals surface area contributed by atoms with Crippen molar-refractivity contribution in [1.82, 2.24) is 4.90 Å². The predicted molar refractivity (Wildman–Crippen MR) is 113 cm³/mol. The zero-order valence-electron chi connectivity index (χ0n) is 17.9. The fourth-order valence-corrected chi connectivity index (χ4v) is 4.46. The van der Waals surface area contributed by atoms with E-state index in [1.165, 1.54) is 5.57 Å². The molecule has 156 valence electrons. The Bertz CT molecular complexity index is 640. The molecule has 28 heavy (non-hydrogen) atoms. The second-order valence-electron chi connectivity index (χ2n) is 8.72. The second kappa shape index (κ2) is 10.8. The van der Waals surface area contributed by atoms with Crippen molar-refractivity contribution in [3.8, 4) is 11.8 Å². The van der Waals surface area contributed by atoms with Gasteiger partial charge in [0.1, 0.15) is 0 Å². The van der Waals surface area contributed by atoms with E-state index >= 15 is 0 Å². The molecule has 1 amide bonds. The molecular formula is C24H37NO3. The summed E-state index contributed by atoms with van der Waals surface area (Å²) in [7, 11) is 3.60. The van der Waals surface area contributed by atoms with Gasteiger partial charge in [-0.25, -0.2) is 0 Å². The van der Waals surface area contributed by atoms with Gasteiger partial charge in [-0.3, -0.25) is 4.79 Å². The number of hydrogen-bond donors (Lipinski definition) is 2. The van der Waals surface area contributed by atoms with E-state index in [2.05, 4.69) is 17.9 Å². The van der Waals surface area contributed by atoms with Gasteiger partial charge in [0.25, 0.3) is 0 Å². The van der Waals surface area contributed by atoms with E-state index in [1.807, 2.05) is 26.0 Å². The standard InChI is InChI=1S/C24H37NO3/c1-5-6-9-17(2)22(26)13-12-20-21-15-18(14-19(21)16-23(20)27)10-7-8-11-24(28)25(3)4/h12-14,17,19-23,26-27H,7-11,15-16H2,1-4H3/t17-,19-,20+,21-,22+,23+/m0/s1. The maximum absolute atomic E-state index is 11.7. The topological polar surface area (TPSA) is 60.8 Å². The van der Waals surface area contributed by atoms with E-state index < -0.39 is 6.10 Å². The number of aliphatic hydroxyl groups is 2. The lowest BCUT2D eigenvalue weighted by molar-refractivity contribution is -0.128. The number of fused-ring (bicyclic) bond motifs is 1. The first-order valence-electron chi connectivity index (χ1n) is 10.7. The molecule has 0 bridgehead atoms. The molecule has 2 N–H and O–H groups in total. The normalized spacial score (nSPS) is 28.4. The molecule has 4 heteroatoms. The zero-order valence-corrected chi connectivity index (χ0v) is 17.9. The number of carbonyl (C=O) groups excluding carboxylic acids is 1. The Hall–Kier alpha value is -1.57. The van der Waals surface area contributed by atoms with Gasteiger partial charge in [-0.1, -0.05) is 30.7 Å². The molecule has 0 unspecified atom stereocenters. The van der Waals surface area contributed by atoms with Crippen LogP contribution in [0.1, 0.15) is 58.8 Å². The highest BCUT2D eigenvalue weighted by atomic mass is 16.3. The average molecular weight is 388 g/mol. The van der Waals surface area contributed by atoms with Crippen LogP contribution in [0.5, 0.6) is 0 Å². The van der Waals surface area contributed by atoms with Crippen LogP contribution in [0.15, 0.2) is 23.8 Å². The lowest BCUT2D eigenvalue weighted by atomic mass is 9.88. The number of amides is 1. The van der Waals surface area contributed by atoms with E-state index in [0.717, 1.165) is 32.1 Å². The monoisotopic (exact) mass is 387 g/mol. The van der Waals surface area contributed by atoms with Crippen LogP contribution in [-0.2, 0) is 4.79 Å². The molecule has 0 aromatic heterocycles. The molecular weight excluding hydrogens is 350 g/mol. The zero-order chi connectivity index (χ0) is 20.7. The molecule has 1 saturated carbocycles. The molecule has 0 saturated heterocycles. The minimum absolute atomic E-state index is 0.0974. The van der Waals surface area contributed by atoms with Crippen LogP contribution < -0.4 is 0 Å². The van der Waals surface area contributed by atoms with Crippen LogP contribution >= 0.6 is 0 Å². The third-order valence-corrected chi connectivity index (χ3v) is 6.30. The first kappa shape index (κ1) is 22.7. The smallest absolute Gasteiger partial charge is 0.222 e. The molecule has 0 aliphatic heterocycles. The predicted octanol–water partition coefficient (Wildman–Crippen LogP) is 3.54. The van der Waals surface area contributed by atoms with Crippen molar-refractivity contribution in [2.45, 2.75) is 71.0 Å². The Morgan fingerprint density at radius 3 is 2.82 bits per heavy atom. The van der Waals surface area contributed by atoms with Crippen LogP contribution in [-0.4, -0.2) is 47.3 Å². The summed E-state index contributed by atoms with van der Waals surface area (Å²) >= 11 is 0. The van der Waals surface area contributed by atoms with E-state index in [4.69, 9.17) is 0 Å². The molecule has 2 aliphatic rings. The number of nitrogens with zero attached hydrogens (tertiary/aromatic N) is 1. The Balaban J connectivity index is 1.82. The molecule has 6 atom stereocenters. The van der Waals surface area contributed by atoms with Crippen molar-refractivity contribution in [2.24, 2.45) is 23.7 Å². The molecule has 0 aromatic rings. The average Bonchev–Trinajstić information content (AvgIpc) is 3.17. The van der Waals surface area contributed by atoms with E-state index in [9.17, 15) is 15.0 Å². The Kier molecular flexibility index (Phi) is 8.79. The quantitative estimate of drug-likeness (QED) is 0.361. The maximum Gasteiger partial charge on any atom is 0.222 e. The second-order valence-corrected chi connectivity index (χ2v) is 8.72. The van der Waals surface area contributed by atoms with Crippen molar-refractivity contribution in [3.63, 3.8) is 0 Å². The highest BCUT2D eigenvalue weighted by Crippen LogP contribution is 2.48. The van der Waals surface area contributed by atoms with E-state index in [1.54, 1.807) is 19.0 Å². The molecule has 0 heterocycles. The lowest BCUT2D eigenvalue weighted by Crippen LogP contribution is -2.21. The Morgan fingerprint density at radius 2 is 2.14 bits per heavy atom. The first-order chi connectivity index (χ1) is 13.3. The van der Waals surface area contributed by atoms with Crippen molar-refractivity contribution in [3.05, 3.63) is 23.8 Å². The van der Waals surface area contributed by atoms with Gasteiger partial charge in [0.2, 0.25) is 5.91 Å².